The van der Waals surface area contributed by atoms with Crippen molar-refractivity contribution in [3.63, 3.8) is 0 Å². The SMILES string of the molecule is CCC(=O)c1ccc(C2CCC(C)(C)CC2)cc1. The highest BCUT2D eigenvalue weighted by atomic mass is 16.1. The first-order valence-corrected chi connectivity index (χ1v) is 7.15. The van der Waals surface area contributed by atoms with Gasteiger partial charge in [0.25, 0.3) is 0 Å². The summed E-state index contributed by atoms with van der Waals surface area (Å²) in [5.41, 5.74) is 2.80. The topological polar surface area (TPSA) is 17.1 Å². The van der Waals surface area contributed by atoms with Gasteiger partial charge in [0, 0.05) is 12.0 Å². The predicted octanol–water partition coefficient (Wildman–Crippen LogP) is 4.96. The Kier molecular flexibility index (Phi) is 3.89. The molecule has 0 heterocycles. The maximum atomic E-state index is 11.6. The van der Waals surface area contributed by atoms with E-state index in [0.29, 0.717) is 17.8 Å². The number of hydrogen-bond acceptors (Lipinski definition) is 1. The van der Waals surface area contributed by atoms with Crippen LogP contribution in [-0.4, -0.2) is 5.78 Å². The van der Waals surface area contributed by atoms with E-state index < -0.39 is 0 Å². The number of Topliss-reactive ketones (excluding diaryl/α,β-unsaturated/α-hetero) is 1. The third-order valence-electron chi connectivity index (χ3n) is 4.36. The maximum Gasteiger partial charge on any atom is 0.162 e. The summed E-state index contributed by atoms with van der Waals surface area (Å²) in [6.07, 6.45) is 5.79. The zero-order valence-corrected chi connectivity index (χ0v) is 11.8. The van der Waals surface area contributed by atoms with Gasteiger partial charge in [-0.05, 0) is 42.6 Å². The van der Waals surface area contributed by atoms with E-state index in [9.17, 15) is 4.79 Å². The molecule has 1 heteroatoms. The van der Waals surface area contributed by atoms with E-state index in [4.69, 9.17) is 0 Å². The molecule has 0 spiro atoms. The summed E-state index contributed by atoms with van der Waals surface area (Å²) in [5.74, 6) is 0.940. The summed E-state index contributed by atoms with van der Waals surface area (Å²) in [5, 5.41) is 0. The predicted molar refractivity (Wildman–Crippen MR) is 76.1 cm³/mol. The van der Waals surface area contributed by atoms with E-state index >= 15 is 0 Å². The van der Waals surface area contributed by atoms with Gasteiger partial charge in [0.2, 0.25) is 0 Å². The minimum absolute atomic E-state index is 0.242. The normalized spacial score (nSPS) is 19.7. The second-order valence-electron chi connectivity index (χ2n) is 6.34. The van der Waals surface area contributed by atoms with Gasteiger partial charge < -0.3 is 0 Å². The first kappa shape index (κ1) is 13.3. The molecule has 0 N–H and O–H groups in total. The lowest BCUT2D eigenvalue weighted by Crippen LogP contribution is -2.20. The third-order valence-corrected chi connectivity index (χ3v) is 4.36. The van der Waals surface area contributed by atoms with Gasteiger partial charge in [0.05, 0.1) is 0 Å². The molecular formula is C17H24O. The molecule has 1 fully saturated rings. The summed E-state index contributed by atoms with van der Waals surface area (Å²) < 4.78 is 0. The van der Waals surface area contributed by atoms with Crippen molar-refractivity contribution in [1.29, 1.82) is 0 Å². The molecule has 0 atom stereocenters. The smallest absolute Gasteiger partial charge is 0.162 e. The highest BCUT2D eigenvalue weighted by Crippen LogP contribution is 2.42. The van der Waals surface area contributed by atoms with Crippen LogP contribution in [0.15, 0.2) is 24.3 Å². The second kappa shape index (κ2) is 5.26. The van der Waals surface area contributed by atoms with E-state index in [0.717, 1.165) is 5.56 Å². The Bertz CT molecular complexity index is 404. The van der Waals surface area contributed by atoms with E-state index in [1.165, 1.54) is 31.2 Å². The molecule has 0 unspecified atom stereocenters. The molecule has 1 nitrogen and oxygen atoms in total. The summed E-state index contributed by atoms with van der Waals surface area (Å²) in [6.45, 7) is 6.65. The molecule has 2 rings (SSSR count). The van der Waals surface area contributed by atoms with Crippen LogP contribution < -0.4 is 0 Å². The number of hydrogen-bond donors (Lipinski definition) is 0. The van der Waals surface area contributed by atoms with Gasteiger partial charge in [-0.2, -0.15) is 0 Å². The number of benzene rings is 1. The van der Waals surface area contributed by atoms with Crippen molar-refractivity contribution in [3.8, 4) is 0 Å². The van der Waals surface area contributed by atoms with Crippen LogP contribution in [0.3, 0.4) is 0 Å². The van der Waals surface area contributed by atoms with Crippen LogP contribution in [0.25, 0.3) is 0 Å². The van der Waals surface area contributed by atoms with Crippen molar-refractivity contribution >= 4 is 5.78 Å². The molecule has 1 aromatic rings. The minimum atomic E-state index is 0.242. The van der Waals surface area contributed by atoms with E-state index in [2.05, 4.69) is 26.0 Å². The summed E-state index contributed by atoms with van der Waals surface area (Å²) in [4.78, 5) is 11.6. The average molecular weight is 244 g/mol. The first-order chi connectivity index (χ1) is 8.52. The van der Waals surface area contributed by atoms with Crippen molar-refractivity contribution in [2.24, 2.45) is 5.41 Å². The molecule has 1 aromatic carbocycles. The number of carbonyl (C=O) groups is 1. The largest absolute Gasteiger partial charge is 0.294 e. The Balaban J connectivity index is 2.04. The molecule has 0 bridgehead atoms. The van der Waals surface area contributed by atoms with Crippen molar-refractivity contribution < 1.29 is 4.79 Å². The van der Waals surface area contributed by atoms with Crippen molar-refractivity contribution in [3.05, 3.63) is 35.4 Å². The Hall–Kier alpha value is -1.11. The quantitative estimate of drug-likeness (QED) is 0.686. The van der Waals surface area contributed by atoms with Gasteiger partial charge in [-0.15, -0.1) is 0 Å². The standard InChI is InChI=1S/C17H24O/c1-4-16(18)15-7-5-13(6-8-15)14-9-11-17(2,3)12-10-14/h5-8,14H,4,9-12H2,1-3H3. The van der Waals surface area contributed by atoms with E-state index in [1.54, 1.807) is 0 Å². The van der Waals surface area contributed by atoms with Crippen molar-refractivity contribution in [2.45, 2.75) is 58.8 Å². The van der Waals surface area contributed by atoms with Gasteiger partial charge in [0.15, 0.2) is 5.78 Å². The fourth-order valence-corrected chi connectivity index (χ4v) is 2.88. The molecule has 1 aliphatic rings. The van der Waals surface area contributed by atoms with Crippen LogP contribution in [0.1, 0.15) is 74.7 Å². The fourth-order valence-electron chi connectivity index (χ4n) is 2.88. The number of rotatable bonds is 3. The zero-order chi connectivity index (χ0) is 13.2. The van der Waals surface area contributed by atoms with Crippen LogP contribution in [0.4, 0.5) is 0 Å². The van der Waals surface area contributed by atoms with Gasteiger partial charge in [-0.1, -0.05) is 45.0 Å². The molecule has 1 saturated carbocycles. The molecule has 0 amide bonds. The molecule has 0 aromatic heterocycles. The molecular weight excluding hydrogens is 220 g/mol. The molecule has 0 saturated heterocycles. The van der Waals surface area contributed by atoms with Crippen LogP contribution in [0.5, 0.6) is 0 Å². The molecule has 0 radical (unpaired) electrons. The average Bonchev–Trinajstić information content (AvgIpc) is 2.38. The van der Waals surface area contributed by atoms with Gasteiger partial charge >= 0.3 is 0 Å². The second-order valence-corrected chi connectivity index (χ2v) is 6.34. The zero-order valence-electron chi connectivity index (χ0n) is 11.8. The van der Waals surface area contributed by atoms with E-state index in [-0.39, 0.29) is 5.78 Å². The third kappa shape index (κ3) is 3.01. The summed E-state index contributed by atoms with van der Waals surface area (Å²) in [6, 6.07) is 8.32. The molecule has 98 valence electrons. The van der Waals surface area contributed by atoms with Crippen LogP contribution in [0, 0.1) is 5.41 Å². The lowest BCUT2D eigenvalue weighted by Gasteiger charge is -2.34. The highest BCUT2D eigenvalue weighted by molar-refractivity contribution is 5.95. The van der Waals surface area contributed by atoms with Crippen molar-refractivity contribution in [1.82, 2.24) is 0 Å². The van der Waals surface area contributed by atoms with Crippen LogP contribution >= 0.6 is 0 Å². The lowest BCUT2D eigenvalue weighted by molar-refractivity contribution is 0.0988. The Labute approximate surface area is 111 Å². The Morgan fingerprint density at radius 2 is 1.72 bits per heavy atom. The maximum absolute atomic E-state index is 11.6. The fraction of sp³-hybridized carbons (Fsp3) is 0.588. The summed E-state index contributed by atoms with van der Waals surface area (Å²) in [7, 11) is 0. The van der Waals surface area contributed by atoms with Crippen LogP contribution in [0.2, 0.25) is 0 Å². The summed E-state index contributed by atoms with van der Waals surface area (Å²) >= 11 is 0. The lowest BCUT2D eigenvalue weighted by atomic mass is 9.71. The first-order valence-electron chi connectivity index (χ1n) is 7.15. The van der Waals surface area contributed by atoms with Crippen LogP contribution in [-0.2, 0) is 0 Å². The Morgan fingerprint density at radius 3 is 2.22 bits per heavy atom. The molecule has 1 aliphatic carbocycles. The van der Waals surface area contributed by atoms with Gasteiger partial charge in [-0.25, -0.2) is 0 Å². The molecule has 18 heavy (non-hydrogen) atoms. The van der Waals surface area contributed by atoms with Crippen molar-refractivity contribution in [2.75, 3.05) is 0 Å². The van der Waals surface area contributed by atoms with Gasteiger partial charge in [0.1, 0.15) is 0 Å². The Morgan fingerprint density at radius 1 is 1.17 bits per heavy atom. The van der Waals surface area contributed by atoms with E-state index in [1.807, 2.05) is 19.1 Å². The highest BCUT2D eigenvalue weighted by Gasteiger charge is 2.27. The molecule has 0 aliphatic heterocycles. The minimum Gasteiger partial charge on any atom is -0.294 e. The number of ketones is 1. The van der Waals surface area contributed by atoms with Gasteiger partial charge in [-0.3, -0.25) is 4.79 Å². The monoisotopic (exact) mass is 244 g/mol. The number of carbonyl (C=O) groups excluding carboxylic acids is 1.